The number of hydrogen-bond donors (Lipinski definition) is 1. The fourth-order valence-electron chi connectivity index (χ4n) is 3.25. The molecule has 3 rings (SSSR count). The number of rotatable bonds is 7. The Labute approximate surface area is 155 Å². The minimum absolute atomic E-state index is 0.322. The lowest BCUT2D eigenvalue weighted by Crippen LogP contribution is -2.48. The van der Waals surface area contributed by atoms with Crippen LogP contribution < -0.4 is 4.74 Å². The van der Waals surface area contributed by atoms with Crippen molar-refractivity contribution in [2.75, 3.05) is 39.3 Å². The summed E-state index contributed by atoms with van der Waals surface area (Å²) in [7, 11) is 0. The molecule has 1 fully saturated rings. The third kappa shape index (κ3) is 5.30. The summed E-state index contributed by atoms with van der Waals surface area (Å²) in [4.78, 5) is 4.66. The Hall–Kier alpha value is -1.89. The highest BCUT2D eigenvalue weighted by molar-refractivity contribution is 5.35. The van der Waals surface area contributed by atoms with Crippen molar-refractivity contribution in [1.29, 1.82) is 0 Å². The Morgan fingerprint density at radius 3 is 2.54 bits per heavy atom. The van der Waals surface area contributed by atoms with E-state index in [1.807, 2.05) is 39.0 Å². The van der Waals surface area contributed by atoms with Gasteiger partial charge in [-0.1, -0.05) is 17.3 Å². The maximum Gasteiger partial charge on any atom is 0.133 e. The Morgan fingerprint density at radius 2 is 1.85 bits per heavy atom. The number of aryl methyl sites for hydroxylation is 3. The van der Waals surface area contributed by atoms with Crippen LogP contribution in [0.15, 0.2) is 28.8 Å². The smallest absolute Gasteiger partial charge is 0.133 e. The summed E-state index contributed by atoms with van der Waals surface area (Å²) in [5.74, 6) is 1.71. The third-order valence-corrected chi connectivity index (χ3v) is 4.77. The number of hydrogen-bond acceptors (Lipinski definition) is 6. The monoisotopic (exact) mass is 359 g/mol. The van der Waals surface area contributed by atoms with Gasteiger partial charge in [0.15, 0.2) is 0 Å². The van der Waals surface area contributed by atoms with E-state index in [1.165, 1.54) is 5.56 Å². The number of aliphatic hydroxyl groups is 1. The number of piperazine rings is 1. The second-order valence-corrected chi connectivity index (χ2v) is 7.24. The first-order valence-corrected chi connectivity index (χ1v) is 9.24. The first kappa shape index (κ1) is 18.9. The van der Waals surface area contributed by atoms with Gasteiger partial charge in [0.05, 0.1) is 5.69 Å². The molecule has 1 aliphatic rings. The van der Waals surface area contributed by atoms with Crippen molar-refractivity contribution in [3.8, 4) is 5.75 Å². The largest absolute Gasteiger partial charge is 0.491 e. The molecule has 6 heteroatoms. The highest BCUT2D eigenvalue weighted by atomic mass is 16.5. The van der Waals surface area contributed by atoms with E-state index >= 15 is 0 Å². The summed E-state index contributed by atoms with van der Waals surface area (Å²) in [6.07, 6.45) is -0.486. The molecule has 1 aromatic heterocycles. The van der Waals surface area contributed by atoms with E-state index in [2.05, 4.69) is 21.0 Å². The maximum absolute atomic E-state index is 10.3. The highest BCUT2D eigenvalue weighted by Crippen LogP contribution is 2.19. The Kier molecular flexibility index (Phi) is 6.29. The first-order valence-electron chi connectivity index (χ1n) is 9.24. The van der Waals surface area contributed by atoms with Crippen molar-refractivity contribution in [2.45, 2.75) is 33.4 Å². The summed E-state index contributed by atoms with van der Waals surface area (Å²) in [6.45, 7) is 11.6. The fraction of sp³-hybridized carbons (Fsp3) is 0.550. The van der Waals surface area contributed by atoms with Crippen LogP contribution in [0.4, 0.5) is 0 Å². The quantitative estimate of drug-likeness (QED) is 0.817. The van der Waals surface area contributed by atoms with E-state index < -0.39 is 6.10 Å². The Morgan fingerprint density at radius 1 is 1.12 bits per heavy atom. The van der Waals surface area contributed by atoms with Crippen LogP contribution in [0.1, 0.15) is 22.6 Å². The normalized spacial score (nSPS) is 17.4. The van der Waals surface area contributed by atoms with Crippen molar-refractivity contribution < 1.29 is 14.4 Å². The summed E-state index contributed by atoms with van der Waals surface area (Å²) < 4.78 is 10.9. The van der Waals surface area contributed by atoms with Crippen LogP contribution in [0.3, 0.4) is 0 Å². The molecule has 1 saturated heterocycles. The second-order valence-electron chi connectivity index (χ2n) is 7.24. The van der Waals surface area contributed by atoms with Gasteiger partial charge in [0.2, 0.25) is 0 Å². The average Bonchev–Trinajstić information content (AvgIpc) is 3.02. The topological polar surface area (TPSA) is 62.0 Å². The molecule has 6 nitrogen and oxygen atoms in total. The summed E-state index contributed by atoms with van der Waals surface area (Å²) in [5.41, 5.74) is 3.25. The molecule has 142 valence electrons. The van der Waals surface area contributed by atoms with Crippen LogP contribution in [0.25, 0.3) is 0 Å². The van der Waals surface area contributed by atoms with Crippen LogP contribution in [0.2, 0.25) is 0 Å². The van der Waals surface area contributed by atoms with Crippen LogP contribution in [-0.2, 0) is 6.54 Å². The summed E-state index contributed by atoms with van der Waals surface area (Å²) in [5, 5.41) is 14.4. The number of ether oxygens (including phenoxy) is 1. The van der Waals surface area contributed by atoms with Gasteiger partial charge in [-0.15, -0.1) is 0 Å². The third-order valence-electron chi connectivity index (χ3n) is 4.77. The predicted octanol–water partition coefficient (Wildman–Crippen LogP) is 2.16. The van der Waals surface area contributed by atoms with Gasteiger partial charge in [-0.25, -0.2) is 0 Å². The van der Waals surface area contributed by atoms with Crippen molar-refractivity contribution in [3.05, 3.63) is 46.8 Å². The molecule has 2 aromatic rings. The molecule has 1 N–H and O–H groups in total. The first-order chi connectivity index (χ1) is 12.5. The Balaban J connectivity index is 1.39. The number of benzene rings is 1. The maximum atomic E-state index is 10.3. The standard InChI is InChI=1S/C20H29N3O3/c1-15-4-5-16(2)20(10-15)25-14-19(24)13-23-8-6-22(7-9-23)12-18-11-17(3)26-21-18/h4-5,10-11,19,24H,6-9,12-14H2,1-3H3. The van der Waals surface area contributed by atoms with Gasteiger partial charge in [0, 0.05) is 45.3 Å². The summed E-state index contributed by atoms with van der Waals surface area (Å²) in [6, 6.07) is 8.12. The van der Waals surface area contributed by atoms with Gasteiger partial charge in [-0.05, 0) is 38.0 Å². The molecule has 0 bridgehead atoms. The van der Waals surface area contributed by atoms with Crippen LogP contribution in [-0.4, -0.2) is 65.5 Å². The SMILES string of the molecule is Cc1ccc(C)c(OCC(O)CN2CCN(Cc3cc(C)on3)CC2)c1. The average molecular weight is 359 g/mol. The number of nitrogens with zero attached hydrogens (tertiary/aromatic N) is 3. The number of aromatic nitrogens is 1. The minimum atomic E-state index is -0.486. The van der Waals surface area contributed by atoms with E-state index in [9.17, 15) is 5.11 Å². The highest BCUT2D eigenvalue weighted by Gasteiger charge is 2.20. The molecule has 1 aliphatic heterocycles. The van der Waals surface area contributed by atoms with Crippen molar-refractivity contribution in [1.82, 2.24) is 15.0 Å². The summed E-state index contributed by atoms with van der Waals surface area (Å²) >= 11 is 0. The van der Waals surface area contributed by atoms with Crippen LogP contribution in [0, 0.1) is 20.8 Å². The fourth-order valence-corrected chi connectivity index (χ4v) is 3.25. The molecule has 1 unspecified atom stereocenters. The van der Waals surface area contributed by atoms with E-state index in [1.54, 1.807) is 0 Å². The lowest BCUT2D eigenvalue weighted by Gasteiger charge is -2.35. The second kappa shape index (κ2) is 8.66. The van der Waals surface area contributed by atoms with Crippen LogP contribution >= 0.6 is 0 Å². The lowest BCUT2D eigenvalue weighted by molar-refractivity contribution is 0.0441. The zero-order chi connectivity index (χ0) is 18.5. The molecule has 0 aliphatic carbocycles. The van der Waals surface area contributed by atoms with E-state index in [4.69, 9.17) is 9.26 Å². The van der Waals surface area contributed by atoms with Gasteiger partial charge in [0.25, 0.3) is 0 Å². The van der Waals surface area contributed by atoms with Gasteiger partial charge >= 0.3 is 0 Å². The van der Waals surface area contributed by atoms with E-state index in [0.29, 0.717) is 13.2 Å². The number of β-amino-alcohol motifs (C(OH)–C–C–N with tert-alkyl or cyclic N) is 1. The zero-order valence-corrected chi connectivity index (χ0v) is 15.9. The van der Waals surface area contributed by atoms with Crippen LogP contribution in [0.5, 0.6) is 5.75 Å². The molecule has 1 aromatic carbocycles. The van der Waals surface area contributed by atoms with Gasteiger partial charge in [-0.2, -0.15) is 0 Å². The predicted molar refractivity (Wildman–Crippen MR) is 100 cm³/mol. The van der Waals surface area contributed by atoms with E-state index in [-0.39, 0.29) is 0 Å². The van der Waals surface area contributed by atoms with Crippen molar-refractivity contribution >= 4 is 0 Å². The minimum Gasteiger partial charge on any atom is -0.491 e. The van der Waals surface area contributed by atoms with Crippen molar-refractivity contribution in [3.63, 3.8) is 0 Å². The molecule has 0 spiro atoms. The molecule has 0 radical (unpaired) electrons. The lowest BCUT2D eigenvalue weighted by atomic mass is 10.1. The zero-order valence-electron chi connectivity index (χ0n) is 15.9. The molecule has 2 heterocycles. The Bertz CT molecular complexity index is 708. The van der Waals surface area contributed by atoms with Gasteiger partial charge < -0.3 is 14.4 Å². The molecule has 0 saturated carbocycles. The van der Waals surface area contributed by atoms with Crippen molar-refractivity contribution in [2.24, 2.45) is 0 Å². The van der Waals surface area contributed by atoms with Gasteiger partial charge in [-0.3, -0.25) is 9.80 Å². The molecule has 0 amide bonds. The number of aliphatic hydroxyl groups excluding tert-OH is 1. The van der Waals surface area contributed by atoms with Gasteiger partial charge in [0.1, 0.15) is 24.2 Å². The molecular formula is C20H29N3O3. The molecule has 26 heavy (non-hydrogen) atoms. The molecular weight excluding hydrogens is 330 g/mol. The molecule has 1 atom stereocenters. The van der Waals surface area contributed by atoms with E-state index in [0.717, 1.165) is 55.5 Å².